The maximum Gasteiger partial charge on any atom is 0.167 e. The molecule has 0 spiro atoms. The highest BCUT2D eigenvalue weighted by atomic mass is 16.3. The number of phenols is 2. The molecule has 0 radical (unpaired) electrons. The number of benzene rings is 2. The molecule has 0 fully saturated rings. The van der Waals surface area contributed by atoms with Crippen molar-refractivity contribution in [2.45, 2.75) is 33.6 Å². The van der Waals surface area contributed by atoms with Gasteiger partial charge in [-0.3, -0.25) is 9.59 Å². The van der Waals surface area contributed by atoms with Gasteiger partial charge in [-0.05, 0) is 85.1 Å². The fourth-order valence-electron chi connectivity index (χ4n) is 4.50. The van der Waals surface area contributed by atoms with Crippen molar-refractivity contribution < 1.29 is 19.8 Å². The van der Waals surface area contributed by atoms with Gasteiger partial charge >= 0.3 is 0 Å². The molecular formula is C29H32O4. The highest BCUT2D eigenvalue weighted by molar-refractivity contribution is 6.14. The van der Waals surface area contributed by atoms with Crippen LogP contribution in [0.3, 0.4) is 0 Å². The molecule has 0 heterocycles. The average molecular weight is 445 g/mol. The summed E-state index contributed by atoms with van der Waals surface area (Å²) in [6.07, 6.45) is 10.4. The number of ketones is 2. The Hall–Kier alpha value is -3.40. The first-order valence-electron chi connectivity index (χ1n) is 11.4. The zero-order chi connectivity index (χ0) is 24.0. The Bertz CT molecular complexity index is 988. The van der Waals surface area contributed by atoms with Crippen LogP contribution in [0.4, 0.5) is 0 Å². The lowest BCUT2D eigenvalue weighted by molar-refractivity contribution is -0.130. The molecular weight excluding hydrogens is 412 g/mol. The average Bonchev–Trinajstić information content (AvgIpc) is 2.78. The second-order valence-corrected chi connectivity index (χ2v) is 9.17. The van der Waals surface area contributed by atoms with Crippen molar-refractivity contribution in [3.63, 3.8) is 0 Å². The number of allylic oxidation sites excluding steroid dienone is 4. The fourth-order valence-corrected chi connectivity index (χ4v) is 4.50. The maximum absolute atomic E-state index is 13.4. The van der Waals surface area contributed by atoms with Crippen molar-refractivity contribution in [1.82, 2.24) is 0 Å². The molecule has 3 rings (SSSR count). The first-order chi connectivity index (χ1) is 15.7. The molecule has 1 aliphatic rings. The largest absolute Gasteiger partial charge is 0.508 e. The summed E-state index contributed by atoms with van der Waals surface area (Å²) in [4.78, 5) is 26.8. The Morgan fingerprint density at radius 3 is 1.73 bits per heavy atom. The molecule has 4 nitrogen and oxygen atoms in total. The first-order valence-corrected chi connectivity index (χ1v) is 11.4. The van der Waals surface area contributed by atoms with Crippen LogP contribution in [0, 0.1) is 23.7 Å². The Balaban J connectivity index is 1.93. The monoisotopic (exact) mass is 444 g/mol. The van der Waals surface area contributed by atoms with Crippen LogP contribution in [0.1, 0.15) is 44.7 Å². The maximum atomic E-state index is 13.4. The number of rotatable bonds is 8. The van der Waals surface area contributed by atoms with Crippen molar-refractivity contribution in [1.29, 1.82) is 0 Å². The molecule has 0 amide bonds. The van der Waals surface area contributed by atoms with Gasteiger partial charge in [-0.25, -0.2) is 0 Å². The van der Waals surface area contributed by atoms with Crippen LogP contribution in [-0.2, 0) is 9.59 Å². The molecule has 33 heavy (non-hydrogen) atoms. The molecule has 2 N–H and O–H groups in total. The van der Waals surface area contributed by atoms with Gasteiger partial charge in [0.05, 0.1) is 5.92 Å². The fraction of sp³-hybridized carbons (Fsp3) is 0.310. The van der Waals surface area contributed by atoms with E-state index in [1.54, 1.807) is 60.7 Å². The predicted octanol–water partition coefficient (Wildman–Crippen LogP) is 6.21. The number of phenolic OH excluding ortho intramolecular Hbond substituents is 2. The van der Waals surface area contributed by atoms with Crippen LogP contribution < -0.4 is 0 Å². The number of aromatic hydroxyl groups is 2. The molecule has 0 saturated heterocycles. The lowest BCUT2D eigenvalue weighted by atomic mass is 9.67. The number of carbonyl (C=O) groups excluding carboxylic acids is 2. The highest BCUT2D eigenvalue weighted by Gasteiger charge is 2.38. The van der Waals surface area contributed by atoms with Gasteiger partial charge in [0.25, 0.3) is 0 Å². The standard InChI is InChI=1S/C29H32O4/c1-19(2)25-15-4-20(3)18-26(25)29(27(32)16-9-21-5-11-23(30)12-6-21)28(33)17-10-22-7-13-24(31)14-8-22/h5-14,16-19,25-26,29-31H,4,15H2,1-3H3/b16-9+,17-10+/t25-,26+/m1/s1. The summed E-state index contributed by atoms with van der Waals surface area (Å²) in [6, 6.07) is 13.2. The van der Waals surface area contributed by atoms with E-state index in [0.29, 0.717) is 5.92 Å². The lowest BCUT2D eigenvalue weighted by Crippen LogP contribution is -2.36. The summed E-state index contributed by atoms with van der Waals surface area (Å²) in [5, 5.41) is 19.0. The molecule has 0 aliphatic heterocycles. The van der Waals surface area contributed by atoms with Gasteiger partial charge in [0, 0.05) is 0 Å². The smallest absolute Gasteiger partial charge is 0.167 e. The summed E-state index contributed by atoms with van der Waals surface area (Å²) >= 11 is 0. The van der Waals surface area contributed by atoms with Gasteiger partial charge in [-0.15, -0.1) is 0 Å². The van der Waals surface area contributed by atoms with E-state index in [2.05, 4.69) is 26.8 Å². The zero-order valence-electron chi connectivity index (χ0n) is 19.4. The summed E-state index contributed by atoms with van der Waals surface area (Å²) < 4.78 is 0. The van der Waals surface area contributed by atoms with E-state index in [4.69, 9.17) is 0 Å². The van der Waals surface area contributed by atoms with E-state index >= 15 is 0 Å². The third kappa shape index (κ3) is 6.55. The predicted molar refractivity (Wildman–Crippen MR) is 133 cm³/mol. The van der Waals surface area contributed by atoms with Crippen molar-refractivity contribution in [3.05, 3.63) is 83.5 Å². The third-order valence-electron chi connectivity index (χ3n) is 6.36. The van der Waals surface area contributed by atoms with Crippen molar-refractivity contribution in [3.8, 4) is 11.5 Å². The number of hydrogen-bond acceptors (Lipinski definition) is 4. The van der Waals surface area contributed by atoms with Crippen molar-refractivity contribution >= 4 is 23.7 Å². The minimum atomic E-state index is -0.797. The van der Waals surface area contributed by atoms with E-state index in [1.165, 1.54) is 17.7 Å². The summed E-state index contributed by atoms with van der Waals surface area (Å²) in [7, 11) is 0. The topological polar surface area (TPSA) is 74.6 Å². The third-order valence-corrected chi connectivity index (χ3v) is 6.36. The van der Waals surface area contributed by atoms with Crippen LogP contribution in [0.25, 0.3) is 12.2 Å². The van der Waals surface area contributed by atoms with E-state index in [0.717, 1.165) is 24.0 Å². The van der Waals surface area contributed by atoms with Gasteiger partial charge in [0.2, 0.25) is 0 Å². The normalized spacial score (nSPS) is 18.9. The Kier molecular flexibility index (Phi) is 8.05. The second kappa shape index (κ2) is 11.0. The van der Waals surface area contributed by atoms with E-state index in [-0.39, 0.29) is 34.9 Å². The van der Waals surface area contributed by atoms with Crippen molar-refractivity contribution in [2.75, 3.05) is 0 Å². The summed E-state index contributed by atoms with van der Waals surface area (Å²) in [5.74, 6) is -0.473. The first kappa shape index (κ1) is 24.2. The lowest BCUT2D eigenvalue weighted by Gasteiger charge is -2.36. The molecule has 2 atom stereocenters. The van der Waals surface area contributed by atoms with E-state index in [9.17, 15) is 19.8 Å². The second-order valence-electron chi connectivity index (χ2n) is 9.17. The minimum absolute atomic E-state index is 0.160. The van der Waals surface area contributed by atoms with E-state index in [1.807, 2.05) is 0 Å². The SMILES string of the molecule is CC1=C[C@H](C(C(=O)/C=C/c2ccc(O)cc2)C(=O)/C=C/c2ccc(O)cc2)[C@@H](C(C)C)CC1. The summed E-state index contributed by atoms with van der Waals surface area (Å²) in [6.45, 7) is 6.36. The molecule has 2 aromatic carbocycles. The van der Waals surface area contributed by atoms with Crippen LogP contribution in [0.5, 0.6) is 11.5 Å². The Labute approximate surface area is 196 Å². The van der Waals surface area contributed by atoms with Crippen LogP contribution >= 0.6 is 0 Å². The molecule has 0 aromatic heterocycles. The molecule has 0 saturated carbocycles. The quantitative estimate of drug-likeness (QED) is 0.288. The summed E-state index contributed by atoms with van der Waals surface area (Å²) in [5.41, 5.74) is 2.78. The Morgan fingerprint density at radius 1 is 0.848 bits per heavy atom. The molecule has 4 heteroatoms. The van der Waals surface area contributed by atoms with Gasteiger partial charge in [-0.2, -0.15) is 0 Å². The van der Waals surface area contributed by atoms with Crippen LogP contribution in [-0.4, -0.2) is 21.8 Å². The highest BCUT2D eigenvalue weighted by Crippen LogP contribution is 2.39. The van der Waals surface area contributed by atoms with Gasteiger partial charge in [0.1, 0.15) is 11.5 Å². The van der Waals surface area contributed by atoms with Gasteiger partial charge in [0.15, 0.2) is 11.6 Å². The number of carbonyl (C=O) groups is 2. The Morgan fingerprint density at radius 2 is 1.30 bits per heavy atom. The molecule has 2 aromatic rings. The number of hydrogen-bond donors (Lipinski definition) is 2. The molecule has 1 aliphatic carbocycles. The van der Waals surface area contributed by atoms with E-state index < -0.39 is 5.92 Å². The van der Waals surface area contributed by atoms with Crippen LogP contribution in [0.2, 0.25) is 0 Å². The molecule has 172 valence electrons. The minimum Gasteiger partial charge on any atom is -0.508 e. The van der Waals surface area contributed by atoms with Gasteiger partial charge in [-0.1, -0.05) is 61.9 Å². The van der Waals surface area contributed by atoms with Gasteiger partial charge < -0.3 is 10.2 Å². The molecule has 0 unspecified atom stereocenters. The zero-order valence-corrected chi connectivity index (χ0v) is 19.4. The molecule has 0 bridgehead atoms. The van der Waals surface area contributed by atoms with Crippen molar-refractivity contribution in [2.24, 2.45) is 23.7 Å². The van der Waals surface area contributed by atoms with Crippen LogP contribution in [0.15, 0.2) is 72.3 Å².